The Labute approximate surface area is 805 Å². The second-order valence-corrected chi connectivity index (χ2v) is 36.7. The molecule has 9 aliphatic rings. The summed E-state index contributed by atoms with van der Waals surface area (Å²) >= 11 is 0. The van der Waals surface area contributed by atoms with Crippen LogP contribution in [0.5, 0.6) is 0 Å². The van der Waals surface area contributed by atoms with E-state index in [1.54, 1.807) is 0 Å². The fourth-order valence-electron chi connectivity index (χ4n) is 17.8. The predicted octanol–water partition coefficient (Wildman–Crippen LogP) is 15.7. The molecule has 0 atom stereocenters. The van der Waals surface area contributed by atoms with Crippen molar-refractivity contribution in [2.24, 2.45) is 4.99 Å². The lowest BCUT2D eigenvalue weighted by molar-refractivity contribution is 0.648. The van der Waals surface area contributed by atoms with Gasteiger partial charge in [0.25, 0.3) is 27.8 Å². The monoisotopic (exact) mass is 1870 g/mol. The molecular formula is C111H112N20O9. The molecule has 29 heteroatoms. The van der Waals surface area contributed by atoms with Gasteiger partial charge in [-0.15, -0.1) is 0 Å². The van der Waals surface area contributed by atoms with Gasteiger partial charge in [-0.05, 0) is 318 Å². The van der Waals surface area contributed by atoms with Gasteiger partial charge in [-0.2, -0.15) is 19.9 Å². The first kappa shape index (κ1) is 96.8. The van der Waals surface area contributed by atoms with Gasteiger partial charge < -0.3 is 28.2 Å². The van der Waals surface area contributed by atoms with Crippen LogP contribution < -0.4 is 66.3 Å². The number of nitrogens with one attached hydrogen (secondary N) is 5. The lowest BCUT2D eigenvalue weighted by Crippen LogP contribution is -2.42. The summed E-state index contributed by atoms with van der Waals surface area (Å²) in [5, 5.41) is 0.360. The van der Waals surface area contributed by atoms with Gasteiger partial charge in [0.2, 0.25) is 0 Å². The van der Waals surface area contributed by atoms with Crippen LogP contribution in [0.2, 0.25) is 0 Å². The van der Waals surface area contributed by atoms with Crippen molar-refractivity contribution < 1.29 is 0 Å². The first-order valence-corrected chi connectivity index (χ1v) is 47.1. The highest BCUT2D eigenvalue weighted by Gasteiger charge is 2.28. The number of fused-ring (bicyclic) bond motifs is 10. The Balaban J connectivity index is 0.000000126. The quantitative estimate of drug-likeness (QED) is 0.0442. The summed E-state index contributed by atoms with van der Waals surface area (Å²) in [4.78, 5) is 166. The highest BCUT2D eigenvalue weighted by Crippen LogP contribution is 2.38. The van der Waals surface area contributed by atoms with Gasteiger partial charge in [0, 0.05) is 32.7 Å². The van der Waals surface area contributed by atoms with Crippen LogP contribution >= 0.6 is 0 Å². The van der Waals surface area contributed by atoms with Crippen molar-refractivity contribution in [2.45, 2.75) is 194 Å². The molecule has 5 N–H and O–H groups in total. The summed E-state index contributed by atoms with van der Waals surface area (Å²) in [5.74, 6) is 1.96. The summed E-state index contributed by atoms with van der Waals surface area (Å²) in [5.41, 5.74) is 28.6. The summed E-state index contributed by atoms with van der Waals surface area (Å²) in [7, 11) is 0. The summed E-state index contributed by atoms with van der Waals surface area (Å²) in [6.45, 7) is 38.0. The van der Waals surface area contributed by atoms with E-state index in [-0.39, 0.29) is 28.3 Å². The number of anilines is 2. The fraction of sp³-hybridized carbons (Fsp3) is 0.270. The van der Waals surface area contributed by atoms with E-state index in [1.807, 2.05) is 104 Å². The van der Waals surface area contributed by atoms with Crippen molar-refractivity contribution in [1.29, 1.82) is 0 Å². The van der Waals surface area contributed by atoms with E-state index in [1.165, 1.54) is 61.2 Å². The van der Waals surface area contributed by atoms with E-state index >= 15 is 0 Å². The average molecular weight is 1870 g/mol. The van der Waals surface area contributed by atoms with Crippen LogP contribution in [0.4, 0.5) is 17.2 Å². The molecule has 0 bridgehead atoms. The molecule has 710 valence electrons. The number of aryl methyl sites for hydroxylation is 24. The van der Waals surface area contributed by atoms with Crippen molar-refractivity contribution >= 4 is 67.9 Å². The van der Waals surface area contributed by atoms with Gasteiger partial charge in [-0.1, -0.05) is 150 Å². The molecule has 0 saturated heterocycles. The number of aromatic amines is 5. The molecule has 20 rings (SSSR count). The van der Waals surface area contributed by atoms with E-state index in [0.29, 0.717) is 66.1 Å². The number of rotatable bonds is 20. The zero-order valence-corrected chi connectivity index (χ0v) is 81.5. The number of hydrogen-bond acceptors (Lipinski definition) is 20. The summed E-state index contributed by atoms with van der Waals surface area (Å²) < 4.78 is 7.82. The number of benzene rings is 10. The van der Waals surface area contributed by atoms with Crippen LogP contribution in [-0.4, -0.2) is 94.6 Å². The number of nitrogens with zero attached hydrogens (tertiary/aromatic N) is 15. The Bertz CT molecular complexity index is 8180. The molecule has 10 aromatic carbocycles. The molecule has 0 saturated carbocycles. The van der Waals surface area contributed by atoms with Gasteiger partial charge >= 0.3 is 22.8 Å². The predicted molar refractivity (Wildman–Crippen MR) is 553 cm³/mol. The first-order chi connectivity index (χ1) is 67.1. The van der Waals surface area contributed by atoms with Gasteiger partial charge in [-0.25, -0.2) is 49.1 Å². The third kappa shape index (κ3) is 21.9. The maximum absolute atomic E-state index is 12.5. The second kappa shape index (κ2) is 41.7. The highest BCUT2D eigenvalue weighted by atomic mass is 16.2. The van der Waals surface area contributed by atoms with Gasteiger partial charge in [0.1, 0.15) is 5.48 Å². The Morgan fingerprint density at radius 3 is 0.943 bits per heavy atom. The maximum Gasteiger partial charge on any atom is 0.349 e. The van der Waals surface area contributed by atoms with E-state index in [2.05, 4.69) is 286 Å². The van der Waals surface area contributed by atoms with Gasteiger partial charge in [-0.3, -0.25) is 43.9 Å². The number of aromatic nitrogens is 18. The Kier molecular flexibility index (Phi) is 28.8. The summed E-state index contributed by atoms with van der Waals surface area (Å²) in [6, 6.07) is 62.6. The van der Waals surface area contributed by atoms with Crippen molar-refractivity contribution in [3.63, 3.8) is 0 Å². The van der Waals surface area contributed by atoms with Crippen LogP contribution in [0, 0.1) is 104 Å². The van der Waals surface area contributed by atoms with Crippen LogP contribution in [0.25, 0.3) is 96.8 Å². The Morgan fingerprint density at radius 1 is 0.271 bits per heavy atom. The lowest BCUT2D eigenvalue weighted by atomic mass is 10.0. The van der Waals surface area contributed by atoms with E-state index in [0.717, 1.165) is 176 Å². The Morgan fingerprint density at radius 2 is 0.593 bits per heavy atom. The largest absolute Gasteiger partial charge is 0.349 e. The molecule has 29 nitrogen and oxygen atoms in total. The molecule has 0 amide bonds. The van der Waals surface area contributed by atoms with Gasteiger partial charge in [0.15, 0.2) is 57.2 Å². The first-order valence-electron chi connectivity index (χ1n) is 47.1. The molecule has 1 aromatic heterocycles. The molecule has 0 unspecified atom stereocenters. The Hall–Kier alpha value is -16.3. The van der Waals surface area contributed by atoms with Crippen LogP contribution in [0.15, 0.2) is 230 Å². The molecule has 10 heterocycles. The third-order valence-electron chi connectivity index (χ3n) is 26.1. The van der Waals surface area contributed by atoms with Crippen LogP contribution in [0.3, 0.4) is 0 Å². The topological polar surface area (TPSA) is 384 Å². The molecule has 0 fully saturated rings. The van der Waals surface area contributed by atoms with Crippen molar-refractivity contribution in [2.75, 3.05) is 11.4 Å². The van der Waals surface area contributed by atoms with Crippen LogP contribution in [0.1, 0.15) is 143 Å². The van der Waals surface area contributed by atoms with Gasteiger partial charge in [0.05, 0.1) is 55.5 Å². The zero-order valence-electron chi connectivity index (χ0n) is 81.5. The molecule has 0 aliphatic carbocycles. The minimum atomic E-state index is -0.644. The average Bonchev–Trinajstić information content (AvgIpc) is 0.773. The minimum Gasteiger partial charge on any atom is -0.322 e. The van der Waals surface area contributed by atoms with E-state index in [9.17, 15) is 43.2 Å². The summed E-state index contributed by atoms with van der Waals surface area (Å²) in [6.07, 6.45) is 8.95. The molecule has 0 spiro atoms. The van der Waals surface area contributed by atoms with E-state index < -0.39 is 45.0 Å². The highest BCUT2D eigenvalue weighted by molar-refractivity contribution is 5.85. The molecule has 11 aromatic rings. The lowest BCUT2D eigenvalue weighted by Gasteiger charge is -2.28. The van der Waals surface area contributed by atoms with Crippen molar-refractivity contribution in [3.8, 4) is 46.1 Å². The number of hydrogen-bond donors (Lipinski definition) is 5. The second-order valence-electron chi connectivity index (χ2n) is 36.7. The molecular weight excluding hydrogens is 1760 g/mol. The zero-order chi connectivity index (χ0) is 99.2. The molecule has 140 heavy (non-hydrogen) atoms. The molecule has 9 aliphatic heterocycles. The van der Waals surface area contributed by atoms with Crippen molar-refractivity contribution in [3.05, 3.63) is 398 Å². The van der Waals surface area contributed by atoms with E-state index in [4.69, 9.17) is 0 Å². The molecule has 0 radical (unpaired) electrons. The maximum atomic E-state index is 12.5. The minimum absolute atomic E-state index is 0.200. The third-order valence-corrected chi connectivity index (χ3v) is 26.1. The standard InChI is InChI=1S/C23H24N4O.4C22H22N4O2/c1-14-8-5-6-9-18(14)10-7-11-27-20-13-16(3)15(2)12-19(20)26-21-22(27)24-17(4)25-23(21)28;2*1-13-6-4-7-16(10-13)8-5-9-26-18-12-15(3)14(2)11-17(18)23-19-20(26)24-22(28)25-21(19)27;2*1-13-6-8-16(9-7-13)5-4-10-26-18-12-15(3)14(2)11-17(18)23-19-20(26)24-22(28)25-21(19)27/h5-6,8-9,12-13H,4,7,10-11H2,1-3H3,(H,25,28);2*4,6-7,10-12H,5,8-9H2,1-3H3,(H,25,27,28);2*6-9,11-12H,4-5,10H2,1-3H3,(H,25,27,28). The normalized spacial score (nSPS) is 11.6. The fourth-order valence-corrected chi connectivity index (χ4v) is 17.8. The van der Waals surface area contributed by atoms with Crippen molar-refractivity contribution in [1.82, 2.24) is 88.0 Å². The number of H-pyrrole nitrogens is 5. The SMILES string of the molecule is C=c1nc2c(c(=O)[nH]1)=Nc1cc(C)c(C)cc1N2CCCc1ccccc1C.Cc1ccc(CCCn2c3nc(=O)[nH]c(=O)c-3nc3cc(C)c(C)cc32)cc1.Cc1ccc(CCCn2c3nc(=O)[nH]c(=O)c-3nc3cc(C)c(C)cc32)cc1.Cc1cccc(CCCn2c3nc(=O)[nH]c(=O)c-3nc3cc(C)c(C)cc32)c1.Cc1cccc(CCCn2c3nc(=O)[nH]c(=O)c-3nc3cc(C)c(C)cc32)c1. The smallest absolute Gasteiger partial charge is 0.322 e. The van der Waals surface area contributed by atoms with Crippen LogP contribution in [-0.2, 0) is 58.3 Å².